The smallest absolute Gasteiger partial charge is 0.0634 e. The fourth-order valence-corrected chi connectivity index (χ4v) is 18.0. The molecule has 0 saturated heterocycles. The van der Waals surface area contributed by atoms with Crippen LogP contribution in [0.15, 0.2) is 194 Å². The molecule has 0 amide bonds. The molecular formula is C58H40Si2. The molecule has 280 valence electrons. The van der Waals surface area contributed by atoms with Crippen LogP contribution in [0.4, 0.5) is 0 Å². The Morgan fingerprint density at radius 2 is 0.367 bits per heavy atom. The molecular weight excluding hydrogens is 753 g/mol. The van der Waals surface area contributed by atoms with Crippen LogP contribution in [0.3, 0.4) is 0 Å². The molecule has 0 saturated carbocycles. The zero-order valence-corrected chi connectivity index (χ0v) is 35.3. The van der Waals surface area contributed by atoms with E-state index in [0.717, 1.165) is 0 Å². The van der Waals surface area contributed by atoms with E-state index in [-0.39, 0.29) is 0 Å². The SMILES string of the molecule is c1ccc2c(c1)-c1ccccc1-c1cc3c(cc1-c1ccccc1-2)C[Si](c1ccccc1[Si]1Cc2cc4c(cc2C1)-c1ccccc1-c1ccccc1-c1ccccc1-4)C3. The van der Waals surface area contributed by atoms with Gasteiger partial charge in [-0.2, -0.15) is 0 Å². The van der Waals surface area contributed by atoms with E-state index in [1.54, 1.807) is 32.6 Å². The van der Waals surface area contributed by atoms with Crippen molar-refractivity contribution in [1.29, 1.82) is 0 Å². The minimum atomic E-state index is -0.862. The maximum absolute atomic E-state index is 2.60. The van der Waals surface area contributed by atoms with Crippen molar-refractivity contribution < 1.29 is 0 Å². The molecule has 2 aliphatic carbocycles. The lowest BCUT2D eigenvalue weighted by atomic mass is 9.80. The first-order chi connectivity index (χ1) is 29.7. The maximum atomic E-state index is 2.60. The molecule has 2 aliphatic heterocycles. The summed E-state index contributed by atoms with van der Waals surface area (Å²) in [4.78, 5) is 0. The first-order valence-electron chi connectivity index (χ1n) is 21.4. The molecule has 0 spiro atoms. The summed E-state index contributed by atoms with van der Waals surface area (Å²) < 4.78 is 0. The van der Waals surface area contributed by atoms with Crippen LogP contribution in [0.5, 0.6) is 0 Å². The standard InChI is InChI=1S/C58H40Si2/c1-2-16-42-41(15-1)45-19-5-9-23-49(45)53-29-37-33-59(34-38(37)30-54(53)50-24-10-6-20-46(42)50)57-27-13-14-28-58(57)60-35-39-31-55-51-25-11-7-21-47(51)43-17-3-4-18-44(43)48-22-8-12-26-52(48)56(55)32-40(39)36-60/h1-32H,33-36H2. The van der Waals surface area contributed by atoms with Crippen molar-refractivity contribution in [3.63, 3.8) is 0 Å². The van der Waals surface area contributed by atoms with Gasteiger partial charge in [-0.05, 0) is 135 Å². The third-order valence-corrected chi connectivity index (χ3v) is 19.7. The summed E-state index contributed by atoms with van der Waals surface area (Å²) in [6.45, 7) is 0. The Balaban J connectivity index is 0.889. The Kier molecular flexibility index (Phi) is 7.70. The van der Waals surface area contributed by atoms with Crippen LogP contribution in [0, 0.1) is 0 Å². The molecule has 0 atom stereocenters. The summed E-state index contributed by atoms with van der Waals surface area (Å²) in [7, 11) is -1.72. The molecule has 13 rings (SSSR count). The summed E-state index contributed by atoms with van der Waals surface area (Å²) in [6.07, 6.45) is 0. The molecule has 0 aromatic heterocycles. The van der Waals surface area contributed by atoms with Crippen molar-refractivity contribution in [3.8, 4) is 89.0 Å². The van der Waals surface area contributed by atoms with Crippen LogP contribution in [-0.2, 0) is 24.2 Å². The average molecular weight is 793 g/mol. The molecule has 0 unspecified atom stereocenters. The van der Waals surface area contributed by atoms with Gasteiger partial charge < -0.3 is 0 Å². The van der Waals surface area contributed by atoms with Gasteiger partial charge in [0.1, 0.15) is 0 Å². The normalized spacial score (nSPS) is 14.3. The van der Waals surface area contributed by atoms with Gasteiger partial charge in [0.15, 0.2) is 0 Å². The Morgan fingerprint density at radius 3 is 0.567 bits per heavy atom. The number of benzene rings is 9. The van der Waals surface area contributed by atoms with Crippen LogP contribution in [0.25, 0.3) is 89.0 Å². The van der Waals surface area contributed by atoms with E-state index in [2.05, 4.69) is 194 Å². The Hall–Kier alpha value is -6.59. The fraction of sp³-hybridized carbons (Fsp3) is 0.0690. The number of fused-ring (bicyclic) bond motifs is 18. The van der Waals surface area contributed by atoms with Gasteiger partial charge in [-0.1, -0.05) is 204 Å². The molecule has 0 bridgehead atoms. The second-order valence-corrected chi connectivity index (χ2v) is 22.0. The van der Waals surface area contributed by atoms with E-state index in [4.69, 9.17) is 0 Å². The predicted molar refractivity (Wildman–Crippen MR) is 256 cm³/mol. The summed E-state index contributed by atoms with van der Waals surface area (Å²) in [5, 5.41) is 3.37. The minimum absolute atomic E-state index is 0.862. The highest BCUT2D eigenvalue weighted by Gasteiger charge is 2.34. The fourth-order valence-electron chi connectivity index (χ4n) is 11.2. The van der Waals surface area contributed by atoms with Gasteiger partial charge in [-0.3, -0.25) is 0 Å². The zero-order valence-electron chi connectivity index (χ0n) is 33.3. The highest BCUT2D eigenvalue weighted by molar-refractivity contribution is 6.84. The van der Waals surface area contributed by atoms with Crippen molar-refractivity contribution in [2.75, 3.05) is 0 Å². The van der Waals surface area contributed by atoms with Gasteiger partial charge in [0, 0.05) is 0 Å². The number of hydrogen-bond acceptors (Lipinski definition) is 0. The van der Waals surface area contributed by atoms with Crippen LogP contribution in [0.1, 0.15) is 22.3 Å². The Bertz CT molecular complexity index is 2830. The average Bonchev–Trinajstić information content (AvgIpc) is 3.94. The van der Waals surface area contributed by atoms with E-state index < -0.39 is 17.6 Å². The maximum Gasteiger partial charge on any atom is 0.0945 e. The van der Waals surface area contributed by atoms with E-state index in [1.165, 1.54) is 113 Å². The quantitative estimate of drug-likeness (QED) is 0.153. The Labute approximate surface area is 355 Å². The molecule has 9 aromatic carbocycles. The van der Waals surface area contributed by atoms with Gasteiger partial charge >= 0.3 is 0 Å². The van der Waals surface area contributed by atoms with E-state index in [9.17, 15) is 0 Å². The largest absolute Gasteiger partial charge is 0.0945 e. The van der Waals surface area contributed by atoms with Crippen LogP contribution in [0.2, 0.25) is 0 Å². The van der Waals surface area contributed by atoms with Crippen molar-refractivity contribution >= 4 is 28.0 Å². The molecule has 9 aromatic rings. The van der Waals surface area contributed by atoms with Gasteiger partial charge in [0.25, 0.3) is 0 Å². The first kappa shape index (κ1) is 34.3. The third kappa shape index (κ3) is 5.21. The third-order valence-electron chi connectivity index (χ3n) is 13.9. The summed E-state index contributed by atoms with van der Waals surface area (Å²) in [6, 6.07) is 79.2. The highest BCUT2D eigenvalue weighted by atomic mass is 28.3. The van der Waals surface area contributed by atoms with Gasteiger partial charge in [0.05, 0.1) is 17.6 Å². The van der Waals surface area contributed by atoms with Crippen molar-refractivity contribution in [3.05, 3.63) is 216 Å². The van der Waals surface area contributed by atoms with Crippen molar-refractivity contribution in [2.24, 2.45) is 0 Å². The van der Waals surface area contributed by atoms with E-state index >= 15 is 0 Å². The Morgan fingerprint density at radius 1 is 0.200 bits per heavy atom. The molecule has 0 fully saturated rings. The highest BCUT2D eigenvalue weighted by Crippen LogP contribution is 2.50. The predicted octanol–water partition coefficient (Wildman–Crippen LogP) is 12.8. The molecule has 2 heteroatoms. The second kappa shape index (κ2) is 13.5. The summed E-state index contributed by atoms with van der Waals surface area (Å²) >= 11 is 0. The zero-order chi connectivity index (χ0) is 39.3. The monoisotopic (exact) mass is 792 g/mol. The van der Waals surface area contributed by atoms with E-state index in [0.29, 0.717) is 0 Å². The molecule has 0 nitrogen and oxygen atoms in total. The summed E-state index contributed by atoms with van der Waals surface area (Å²) in [5.74, 6) is 0. The number of rotatable bonds is 2. The molecule has 2 heterocycles. The first-order valence-corrected chi connectivity index (χ1v) is 25.3. The molecule has 60 heavy (non-hydrogen) atoms. The minimum Gasteiger partial charge on any atom is -0.0634 e. The van der Waals surface area contributed by atoms with Crippen molar-refractivity contribution in [1.82, 2.24) is 0 Å². The molecule has 4 aliphatic rings. The van der Waals surface area contributed by atoms with Gasteiger partial charge in [0.2, 0.25) is 0 Å². The van der Waals surface area contributed by atoms with Crippen molar-refractivity contribution in [2.45, 2.75) is 24.2 Å². The summed E-state index contributed by atoms with van der Waals surface area (Å²) in [5.41, 5.74) is 27.7. The van der Waals surface area contributed by atoms with Crippen LogP contribution in [-0.4, -0.2) is 17.6 Å². The second-order valence-electron chi connectivity index (χ2n) is 17.1. The van der Waals surface area contributed by atoms with Crippen LogP contribution >= 0.6 is 0 Å². The van der Waals surface area contributed by atoms with E-state index in [1.807, 2.05) is 0 Å². The van der Waals surface area contributed by atoms with Crippen LogP contribution < -0.4 is 10.4 Å². The lowest BCUT2D eigenvalue weighted by Crippen LogP contribution is -2.50. The molecule has 2 radical (unpaired) electrons. The lowest BCUT2D eigenvalue weighted by Gasteiger charge is -2.24. The lowest BCUT2D eigenvalue weighted by molar-refractivity contribution is 1.35. The topological polar surface area (TPSA) is 0 Å². The van der Waals surface area contributed by atoms with Gasteiger partial charge in [-0.25, -0.2) is 0 Å². The van der Waals surface area contributed by atoms with Gasteiger partial charge in [-0.15, -0.1) is 0 Å². The molecule has 0 N–H and O–H groups in total. The number of hydrogen-bond donors (Lipinski definition) is 0.